The number of alkyl halides is 1. The maximum atomic E-state index is 6.60. The summed E-state index contributed by atoms with van der Waals surface area (Å²) in [6.07, 6.45) is 9.62. The van der Waals surface area contributed by atoms with Gasteiger partial charge in [-0.1, -0.05) is 17.7 Å². The first kappa shape index (κ1) is 20.7. The molecule has 6 nitrogen and oxygen atoms in total. The first-order valence-corrected chi connectivity index (χ1v) is 10.8. The number of pyridine rings is 1. The number of hydrogen-bond acceptors (Lipinski definition) is 6. The third kappa shape index (κ3) is 4.28. The van der Waals surface area contributed by atoms with Gasteiger partial charge in [0, 0.05) is 42.8 Å². The smallest absolute Gasteiger partial charge is 0.144 e. The van der Waals surface area contributed by atoms with Crippen molar-refractivity contribution in [3.63, 3.8) is 0 Å². The molecule has 0 saturated carbocycles. The van der Waals surface area contributed by atoms with Crippen LogP contribution in [-0.2, 0) is 6.54 Å². The van der Waals surface area contributed by atoms with Crippen LogP contribution in [0.25, 0.3) is 10.9 Å². The minimum Gasteiger partial charge on any atom is -0.357 e. The standard InChI is InChI=1S/C22H24ClN5OS/c1-15-6-9-20(22(23)27(15)3)26-17-7-8-19-16(12-24-2)14-28(21(19)11-17)29-30-18-5-4-10-25-13-18/h4-11,13-14,22,24,26H,12H2,1-3H3. The molecule has 2 N–H and O–H groups in total. The minimum absolute atomic E-state index is 0.241. The molecule has 0 spiro atoms. The highest BCUT2D eigenvalue weighted by Gasteiger charge is 2.20. The van der Waals surface area contributed by atoms with Gasteiger partial charge >= 0.3 is 0 Å². The number of halogens is 1. The molecule has 1 aliphatic heterocycles. The van der Waals surface area contributed by atoms with E-state index in [0.29, 0.717) is 0 Å². The Morgan fingerprint density at radius 3 is 2.90 bits per heavy atom. The second-order valence-electron chi connectivity index (χ2n) is 7.09. The van der Waals surface area contributed by atoms with Gasteiger partial charge in [-0.3, -0.25) is 4.98 Å². The van der Waals surface area contributed by atoms with E-state index in [1.165, 1.54) is 12.0 Å². The first-order chi connectivity index (χ1) is 14.6. The normalized spacial score (nSPS) is 16.4. The Balaban J connectivity index is 1.63. The lowest BCUT2D eigenvalue weighted by Crippen LogP contribution is -2.32. The lowest BCUT2D eigenvalue weighted by atomic mass is 10.1. The van der Waals surface area contributed by atoms with E-state index in [1.54, 1.807) is 17.1 Å². The number of hydrogen-bond donors (Lipinski definition) is 2. The molecule has 1 atom stereocenters. The van der Waals surface area contributed by atoms with Crippen molar-refractivity contribution in [3.05, 3.63) is 78.0 Å². The van der Waals surface area contributed by atoms with Crippen LogP contribution >= 0.6 is 23.6 Å². The summed E-state index contributed by atoms with van der Waals surface area (Å²) in [4.78, 5) is 7.10. The Hall–Kier alpha value is -2.61. The molecule has 0 saturated heterocycles. The van der Waals surface area contributed by atoms with Crippen LogP contribution in [0.15, 0.2) is 77.4 Å². The zero-order valence-corrected chi connectivity index (χ0v) is 18.7. The van der Waals surface area contributed by atoms with Gasteiger partial charge in [-0.05, 0) is 56.0 Å². The molecule has 0 radical (unpaired) electrons. The average Bonchev–Trinajstić information content (AvgIpc) is 3.10. The molecule has 1 aromatic carbocycles. The first-order valence-electron chi connectivity index (χ1n) is 9.63. The predicted octanol–water partition coefficient (Wildman–Crippen LogP) is 4.60. The fraction of sp³-hybridized carbons (Fsp3) is 0.227. The van der Waals surface area contributed by atoms with Crippen LogP contribution in [0.3, 0.4) is 0 Å². The zero-order valence-electron chi connectivity index (χ0n) is 17.1. The van der Waals surface area contributed by atoms with Gasteiger partial charge in [0.25, 0.3) is 0 Å². The molecule has 156 valence electrons. The lowest BCUT2D eigenvalue weighted by Gasteiger charge is -2.31. The van der Waals surface area contributed by atoms with Crippen molar-refractivity contribution < 1.29 is 4.28 Å². The number of anilines is 1. The van der Waals surface area contributed by atoms with Gasteiger partial charge in [-0.15, -0.1) is 0 Å². The molecule has 0 amide bonds. The van der Waals surface area contributed by atoms with E-state index < -0.39 is 0 Å². The fourth-order valence-corrected chi connectivity index (χ4v) is 4.09. The second kappa shape index (κ2) is 9.04. The average molecular weight is 442 g/mol. The van der Waals surface area contributed by atoms with E-state index in [2.05, 4.69) is 39.9 Å². The summed E-state index contributed by atoms with van der Waals surface area (Å²) in [5, 5.41) is 7.81. The molecule has 8 heteroatoms. The van der Waals surface area contributed by atoms with Gasteiger partial charge in [0.15, 0.2) is 0 Å². The Kier molecular flexibility index (Phi) is 6.22. The van der Waals surface area contributed by atoms with Crippen molar-refractivity contribution in [2.45, 2.75) is 23.9 Å². The van der Waals surface area contributed by atoms with Crippen molar-refractivity contribution in [1.29, 1.82) is 0 Å². The predicted molar refractivity (Wildman–Crippen MR) is 124 cm³/mol. The van der Waals surface area contributed by atoms with E-state index in [-0.39, 0.29) is 5.50 Å². The summed E-state index contributed by atoms with van der Waals surface area (Å²) in [5.41, 5.74) is 4.91. The molecule has 30 heavy (non-hydrogen) atoms. The van der Waals surface area contributed by atoms with E-state index >= 15 is 0 Å². The molecule has 1 unspecified atom stereocenters. The molecule has 2 aromatic heterocycles. The number of nitrogens with zero attached hydrogens (tertiary/aromatic N) is 3. The molecular weight excluding hydrogens is 418 g/mol. The molecule has 0 aliphatic carbocycles. The molecule has 1 aliphatic rings. The van der Waals surface area contributed by atoms with Gasteiger partial charge in [-0.25, -0.2) is 0 Å². The number of nitrogens with one attached hydrogen (secondary N) is 2. The number of allylic oxidation sites excluding steroid dienone is 3. The Labute approximate surface area is 185 Å². The van der Waals surface area contributed by atoms with Crippen LogP contribution in [-0.4, -0.2) is 34.2 Å². The van der Waals surface area contributed by atoms with E-state index in [0.717, 1.165) is 45.0 Å². The molecular formula is C22H24ClN5OS. The molecule has 0 fully saturated rings. The van der Waals surface area contributed by atoms with Gasteiger partial charge in [0.05, 0.1) is 22.3 Å². The van der Waals surface area contributed by atoms with E-state index in [1.807, 2.05) is 50.3 Å². The maximum Gasteiger partial charge on any atom is 0.144 e. The van der Waals surface area contributed by atoms with E-state index in [9.17, 15) is 0 Å². The van der Waals surface area contributed by atoms with Crippen molar-refractivity contribution in [2.24, 2.45) is 0 Å². The van der Waals surface area contributed by atoms with Crippen LogP contribution in [0.1, 0.15) is 12.5 Å². The van der Waals surface area contributed by atoms with Crippen LogP contribution in [0.2, 0.25) is 0 Å². The highest BCUT2D eigenvalue weighted by atomic mass is 35.5. The maximum absolute atomic E-state index is 6.60. The number of likely N-dealkylation sites (N-methyl/N-ethyl adjacent to an activating group) is 1. The third-order valence-electron chi connectivity index (χ3n) is 5.02. The third-order valence-corrected chi connectivity index (χ3v) is 6.21. The fourth-order valence-electron chi connectivity index (χ4n) is 3.28. The summed E-state index contributed by atoms with van der Waals surface area (Å²) >= 11 is 7.87. The van der Waals surface area contributed by atoms with Crippen LogP contribution < -0.4 is 14.9 Å². The molecule has 4 rings (SSSR count). The Bertz CT molecular complexity index is 1100. The summed E-state index contributed by atoms with van der Waals surface area (Å²) < 4.78 is 7.81. The monoisotopic (exact) mass is 441 g/mol. The van der Waals surface area contributed by atoms with Crippen LogP contribution in [0.5, 0.6) is 0 Å². The summed E-state index contributed by atoms with van der Waals surface area (Å²) in [7, 11) is 3.92. The van der Waals surface area contributed by atoms with Crippen LogP contribution in [0, 0.1) is 0 Å². The lowest BCUT2D eigenvalue weighted by molar-refractivity contribution is 0.339. The van der Waals surface area contributed by atoms with Crippen molar-refractivity contribution >= 4 is 40.2 Å². The Morgan fingerprint density at radius 2 is 2.13 bits per heavy atom. The highest BCUT2D eigenvalue weighted by molar-refractivity contribution is 7.94. The highest BCUT2D eigenvalue weighted by Crippen LogP contribution is 2.29. The zero-order chi connectivity index (χ0) is 21.1. The quantitative estimate of drug-likeness (QED) is 0.317. The van der Waals surface area contributed by atoms with Crippen LogP contribution in [0.4, 0.5) is 5.69 Å². The van der Waals surface area contributed by atoms with Crippen molar-refractivity contribution in [3.8, 4) is 0 Å². The molecule has 3 aromatic rings. The van der Waals surface area contributed by atoms with Gasteiger partial charge in [-0.2, -0.15) is 4.73 Å². The minimum atomic E-state index is -0.241. The van der Waals surface area contributed by atoms with Gasteiger partial charge in [0.2, 0.25) is 0 Å². The summed E-state index contributed by atoms with van der Waals surface area (Å²) in [6, 6.07) is 10.1. The summed E-state index contributed by atoms with van der Waals surface area (Å²) in [5.74, 6) is 0. The molecule has 3 heterocycles. The topological polar surface area (TPSA) is 54.4 Å². The van der Waals surface area contributed by atoms with E-state index in [4.69, 9.17) is 15.9 Å². The molecule has 0 bridgehead atoms. The SMILES string of the molecule is CNCc1cn(OSc2cccnc2)c2cc(NC3=CC=C(C)N(C)C3Cl)ccc12. The van der Waals surface area contributed by atoms with Crippen molar-refractivity contribution in [2.75, 3.05) is 19.4 Å². The van der Waals surface area contributed by atoms with Gasteiger partial charge < -0.3 is 19.8 Å². The van der Waals surface area contributed by atoms with Crippen molar-refractivity contribution in [1.82, 2.24) is 19.9 Å². The number of aromatic nitrogens is 2. The number of rotatable bonds is 7. The number of fused-ring (bicyclic) bond motifs is 1. The summed E-state index contributed by atoms with van der Waals surface area (Å²) in [6.45, 7) is 2.79. The van der Waals surface area contributed by atoms with Gasteiger partial charge in [0.1, 0.15) is 17.5 Å². The largest absolute Gasteiger partial charge is 0.357 e. The number of benzene rings is 1. The Morgan fingerprint density at radius 1 is 1.27 bits per heavy atom. The second-order valence-corrected chi connectivity index (χ2v) is 8.29.